The number of Topliss-reactive ketones (excluding diaryl/α,β-unsaturated/α-hetero) is 1. The highest BCUT2D eigenvalue weighted by atomic mass is 16.5. The fraction of sp³-hybridized carbons (Fsp3) is 0.222. The number of nitrogens with zero attached hydrogens (tertiary/aromatic N) is 1. The molecule has 1 N–H and O–H groups in total. The van der Waals surface area contributed by atoms with E-state index in [0.29, 0.717) is 42.1 Å². The molecule has 164 valence electrons. The molecule has 3 aromatic rings. The summed E-state index contributed by atoms with van der Waals surface area (Å²) in [6, 6.07) is 19.3. The van der Waals surface area contributed by atoms with E-state index in [0.717, 1.165) is 11.3 Å². The van der Waals surface area contributed by atoms with Crippen LogP contribution >= 0.6 is 0 Å². The summed E-state index contributed by atoms with van der Waals surface area (Å²) in [5, 5.41) is 10.7. The molecule has 0 saturated carbocycles. The SMILES string of the molecule is CCOc1ccc(/C=C2\Oc3c(CN(C)Cc4ccccc4)c(O)cc(C)c3C2=O)cc1. The molecule has 0 fully saturated rings. The Labute approximate surface area is 188 Å². The van der Waals surface area contributed by atoms with Crippen molar-refractivity contribution in [1.82, 2.24) is 4.90 Å². The molecule has 0 amide bonds. The van der Waals surface area contributed by atoms with Crippen LogP contribution in [0.4, 0.5) is 0 Å². The van der Waals surface area contributed by atoms with Gasteiger partial charge in [-0.3, -0.25) is 9.69 Å². The molecule has 1 aliphatic rings. The Kier molecular flexibility index (Phi) is 6.28. The largest absolute Gasteiger partial charge is 0.507 e. The van der Waals surface area contributed by atoms with Crippen LogP contribution in [0.2, 0.25) is 0 Å². The highest BCUT2D eigenvalue weighted by Gasteiger charge is 2.33. The molecule has 0 aromatic heterocycles. The summed E-state index contributed by atoms with van der Waals surface area (Å²) in [6.45, 7) is 5.52. The molecule has 0 atom stereocenters. The maximum atomic E-state index is 13.1. The molecule has 1 heterocycles. The second-order valence-corrected chi connectivity index (χ2v) is 7.99. The summed E-state index contributed by atoms with van der Waals surface area (Å²) in [5.41, 5.74) is 3.85. The Morgan fingerprint density at radius 1 is 1.06 bits per heavy atom. The van der Waals surface area contributed by atoms with E-state index in [1.165, 1.54) is 5.56 Å². The van der Waals surface area contributed by atoms with Gasteiger partial charge in [-0.1, -0.05) is 42.5 Å². The van der Waals surface area contributed by atoms with Crippen LogP contribution < -0.4 is 9.47 Å². The van der Waals surface area contributed by atoms with E-state index in [9.17, 15) is 9.90 Å². The predicted octanol–water partition coefficient (Wildman–Crippen LogP) is 5.35. The molecular formula is C27H27NO4. The molecular weight excluding hydrogens is 402 g/mol. The first kappa shape index (κ1) is 21.7. The topological polar surface area (TPSA) is 59.0 Å². The van der Waals surface area contributed by atoms with E-state index >= 15 is 0 Å². The summed E-state index contributed by atoms with van der Waals surface area (Å²) in [4.78, 5) is 15.2. The first-order valence-corrected chi connectivity index (χ1v) is 10.7. The molecule has 32 heavy (non-hydrogen) atoms. The molecule has 1 aliphatic heterocycles. The summed E-state index contributed by atoms with van der Waals surface area (Å²) in [7, 11) is 1.98. The number of hydrogen-bond acceptors (Lipinski definition) is 5. The first-order chi connectivity index (χ1) is 15.5. The van der Waals surface area contributed by atoms with E-state index in [1.54, 1.807) is 12.1 Å². The lowest BCUT2D eigenvalue weighted by Gasteiger charge is -2.19. The van der Waals surface area contributed by atoms with Crippen molar-refractivity contribution < 1.29 is 19.4 Å². The van der Waals surface area contributed by atoms with Crippen molar-refractivity contribution in [3.05, 3.63) is 94.2 Å². The summed E-state index contributed by atoms with van der Waals surface area (Å²) in [5.74, 6) is 1.45. The number of phenols is 1. The number of aromatic hydroxyl groups is 1. The second-order valence-electron chi connectivity index (χ2n) is 7.99. The minimum Gasteiger partial charge on any atom is -0.507 e. The van der Waals surface area contributed by atoms with Crippen molar-refractivity contribution in [2.75, 3.05) is 13.7 Å². The zero-order valence-electron chi connectivity index (χ0n) is 18.6. The average Bonchev–Trinajstić information content (AvgIpc) is 3.10. The lowest BCUT2D eigenvalue weighted by Crippen LogP contribution is -2.17. The van der Waals surface area contributed by atoms with E-state index in [2.05, 4.69) is 17.0 Å². The normalized spacial score (nSPS) is 14.0. The summed E-state index contributed by atoms with van der Waals surface area (Å²) < 4.78 is 11.5. The molecule has 3 aromatic carbocycles. The Balaban J connectivity index is 1.60. The van der Waals surface area contributed by atoms with Crippen molar-refractivity contribution in [3.8, 4) is 17.2 Å². The van der Waals surface area contributed by atoms with E-state index in [-0.39, 0.29) is 17.3 Å². The lowest BCUT2D eigenvalue weighted by molar-refractivity contribution is 0.101. The van der Waals surface area contributed by atoms with Crippen LogP contribution in [0, 0.1) is 6.92 Å². The molecule has 0 bridgehead atoms. The van der Waals surface area contributed by atoms with Crippen LogP contribution in [0.1, 0.15) is 39.5 Å². The van der Waals surface area contributed by atoms with E-state index < -0.39 is 0 Å². The average molecular weight is 430 g/mol. The number of fused-ring (bicyclic) bond motifs is 1. The third-order valence-corrected chi connectivity index (χ3v) is 5.43. The van der Waals surface area contributed by atoms with Gasteiger partial charge in [0, 0.05) is 13.1 Å². The smallest absolute Gasteiger partial charge is 0.232 e. The minimum absolute atomic E-state index is 0.135. The van der Waals surface area contributed by atoms with Gasteiger partial charge in [0.1, 0.15) is 17.2 Å². The van der Waals surface area contributed by atoms with Crippen LogP contribution in [0.5, 0.6) is 17.2 Å². The van der Waals surface area contributed by atoms with Gasteiger partial charge in [-0.25, -0.2) is 0 Å². The number of carbonyl (C=O) groups excluding carboxylic acids is 1. The van der Waals surface area contributed by atoms with Crippen molar-refractivity contribution in [2.24, 2.45) is 0 Å². The quantitative estimate of drug-likeness (QED) is 0.513. The van der Waals surface area contributed by atoms with Gasteiger partial charge in [0.25, 0.3) is 0 Å². The maximum absolute atomic E-state index is 13.1. The molecule has 5 nitrogen and oxygen atoms in total. The highest BCUT2D eigenvalue weighted by Crippen LogP contribution is 2.42. The molecule has 0 unspecified atom stereocenters. The number of ketones is 1. The van der Waals surface area contributed by atoms with Gasteiger partial charge in [0.05, 0.1) is 17.7 Å². The Bertz CT molecular complexity index is 1150. The van der Waals surface area contributed by atoms with E-state index in [4.69, 9.17) is 9.47 Å². The van der Waals surface area contributed by atoms with Gasteiger partial charge >= 0.3 is 0 Å². The predicted molar refractivity (Wildman–Crippen MR) is 125 cm³/mol. The zero-order chi connectivity index (χ0) is 22.7. The van der Waals surface area contributed by atoms with Crippen LogP contribution in [0.3, 0.4) is 0 Å². The summed E-state index contributed by atoms with van der Waals surface area (Å²) >= 11 is 0. The molecule has 0 saturated heterocycles. The number of aryl methyl sites for hydroxylation is 1. The number of allylic oxidation sites excluding steroid dienone is 1. The molecule has 0 spiro atoms. The standard InChI is InChI=1S/C27H27NO4/c1-4-31-21-12-10-19(11-13-21)15-24-26(30)25-18(2)14-23(29)22(27(25)32-24)17-28(3)16-20-8-6-5-7-9-20/h5-15,29H,4,16-17H2,1-3H3/b24-15-. The number of ether oxygens (including phenoxy) is 2. The number of hydrogen-bond donors (Lipinski definition) is 1. The Morgan fingerprint density at radius 2 is 1.78 bits per heavy atom. The van der Waals surface area contributed by atoms with Gasteiger partial charge in [0.2, 0.25) is 5.78 Å². The second kappa shape index (κ2) is 9.28. The fourth-order valence-corrected chi connectivity index (χ4v) is 3.93. The zero-order valence-corrected chi connectivity index (χ0v) is 18.6. The van der Waals surface area contributed by atoms with Gasteiger partial charge in [-0.2, -0.15) is 0 Å². The van der Waals surface area contributed by atoms with Gasteiger partial charge in [0.15, 0.2) is 5.76 Å². The number of rotatable bonds is 7. The van der Waals surface area contributed by atoms with Crippen LogP contribution in [-0.2, 0) is 13.1 Å². The van der Waals surface area contributed by atoms with Crippen molar-refractivity contribution in [2.45, 2.75) is 26.9 Å². The maximum Gasteiger partial charge on any atom is 0.232 e. The van der Waals surface area contributed by atoms with Gasteiger partial charge in [-0.05, 0) is 61.9 Å². The summed E-state index contributed by atoms with van der Waals surface area (Å²) in [6.07, 6.45) is 1.73. The van der Waals surface area contributed by atoms with Crippen LogP contribution in [0.15, 0.2) is 66.4 Å². The third kappa shape index (κ3) is 4.53. The molecule has 0 aliphatic carbocycles. The molecule has 0 radical (unpaired) electrons. The van der Waals surface area contributed by atoms with Crippen molar-refractivity contribution in [1.29, 1.82) is 0 Å². The monoisotopic (exact) mass is 429 g/mol. The highest BCUT2D eigenvalue weighted by molar-refractivity contribution is 6.15. The number of carbonyl (C=O) groups is 1. The van der Waals surface area contributed by atoms with Crippen molar-refractivity contribution in [3.63, 3.8) is 0 Å². The van der Waals surface area contributed by atoms with Crippen molar-refractivity contribution >= 4 is 11.9 Å². The van der Waals surface area contributed by atoms with Gasteiger partial charge in [-0.15, -0.1) is 0 Å². The fourth-order valence-electron chi connectivity index (χ4n) is 3.93. The van der Waals surface area contributed by atoms with Gasteiger partial charge < -0.3 is 14.6 Å². The Morgan fingerprint density at radius 3 is 2.47 bits per heavy atom. The van der Waals surface area contributed by atoms with Crippen LogP contribution in [0.25, 0.3) is 6.08 Å². The molecule has 4 rings (SSSR count). The molecule has 5 heteroatoms. The third-order valence-electron chi connectivity index (χ3n) is 5.43. The van der Waals surface area contributed by atoms with Crippen LogP contribution in [-0.4, -0.2) is 29.4 Å². The lowest BCUT2D eigenvalue weighted by atomic mass is 9.99. The van der Waals surface area contributed by atoms with E-state index in [1.807, 2.05) is 63.4 Å². The first-order valence-electron chi connectivity index (χ1n) is 10.7. The number of phenolic OH excluding ortho intramolecular Hbond substituents is 1. The number of benzene rings is 3. The Hall–Kier alpha value is -3.57. The minimum atomic E-state index is -0.168.